The Morgan fingerprint density at radius 2 is 2.46 bits per heavy atom. The van der Waals surface area contributed by atoms with E-state index in [0.29, 0.717) is 6.04 Å². The minimum absolute atomic E-state index is 0.300. The fourth-order valence-electron chi connectivity index (χ4n) is 1.37. The van der Waals surface area contributed by atoms with Crippen LogP contribution in [0.4, 0.5) is 0 Å². The van der Waals surface area contributed by atoms with Crippen molar-refractivity contribution in [2.24, 2.45) is 0 Å². The smallest absolute Gasteiger partial charge is 0.106 e. The number of nitrogens with one attached hydrogen (secondary N) is 1. The molecule has 4 heteroatoms. The second-order valence-corrected chi connectivity index (χ2v) is 3.81. The van der Waals surface area contributed by atoms with Gasteiger partial charge in [-0.05, 0) is 27.6 Å². The highest BCUT2D eigenvalue weighted by atomic mass is 79.9. The van der Waals surface area contributed by atoms with Crippen LogP contribution in [0.15, 0.2) is 22.9 Å². The van der Waals surface area contributed by atoms with Crippen LogP contribution < -0.4 is 5.32 Å². The van der Waals surface area contributed by atoms with Crippen LogP contribution in [0, 0.1) is 0 Å². The van der Waals surface area contributed by atoms with Crippen LogP contribution in [0.25, 0.3) is 0 Å². The molecule has 0 bridgehead atoms. The summed E-state index contributed by atoms with van der Waals surface area (Å²) in [6.45, 7) is 2.46. The fraction of sp³-hybridized carbons (Fsp3) is 0.444. The molecule has 0 radical (unpaired) electrons. The maximum absolute atomic E-state index is 5.36. The Hall–Kier alpha value is -0.450. The third-order valence-corrected chi connectivity index (χ3v) is 2.54. The summed E-state index contributed by atoms with van der Waals surface area (Å²) in [7, 11) is 0. The lowest BCUT2D eigenvalue weighted by atomic mass is 10.1. The van der Waals surface area contributed by atoms with Gasteiger partial charge < -0.3 is 10.1 Å². The molecule has 0 saturated carbocycles. The van der Waals surface area contributed by atoms with Crippen molar-refractivity contribution < 1.29 is 4.74 Å². The summed E-state index contributed by atoms with van der Waals surface area (Å²) >= 11 is 3.31. The van der Waals surface area contributed by atoms with Gasteiger partial charge in [-0.2, -0.15) is 0 Å². The van der Waals surface area contributed by atoms with Crippen molar-refractivity contribution in [1.82, 2.24) is 10.3 Å². The van der Waals surface area contributed by atoms with Crippen molar-refractivity contribution in [1.29, 1.82) is 0 Å². The third-order valence-electron chi connectivity index (χ3n) is 2.07. The van der Waals surface area contributed by atoms with Crippen molar-refractivity contribution in [2.75, 3.05) is 19.8 Å². The molecule has 0 unspecified atom stereocenters. The molecule has 70 valence electrons. The molecule has 0 aliphatic carbocycles. The summed E-state index contributed by atoms with van der Waals surface area (Å²) in [5, 5.41) is 3.37. The monoisotopic (exact) mass is 242 g/mol. The Bertz CT molecular complexity index is 269. The number of rotatable bonds is 1. The predicted molar refractivity (Wildman–Crippen MR) is 53.5 cm³/mol. The van der Waals surface area contributed by atoms with Crippen LogP contribution in [-0.2, 0) is 4.74 Å². The molecule has 1 aliphatic rings. The number of ether oxygens (including phenoxy) is 1. The molecule has 3 nitrogen and oxygen atoms in total. The van der Waals surface area contributed by atoms with Crippen LogP contribution in [0.3, 0.4) is 0 Å². The molecule has 2 heterocycles. The van der Waals surface area contributed by atoms with Crippen LogP contribution >= 0.6 is 15.9 Å². The van der Waals surface area contributed by atoms with Crippen LogP contribution in [0.2, 0.25) is 0 Å². The summed E-state index contributed by atoms with van der Waals surface area (Å²) in [6, 6.07) is 4.31. The van der Waals surface area contributed by atoms with E-state index in [0.717, 1.165) is 24.4 Å². The van der Waals surface area contributed by atoms with Crippen molar-refractivity contribution in [3.63, 3.8) is 0 Å². The normalized spacial score (nSPS) is 23.0. The summed E-state index contributed by atoms with van der Waals surface area (Å²) in [5.41, 5.74) is 1.18. The summed E-state index contributed by atoms with van der Waals surface area (Å²) < 4.78 is 6.23. The van der Waals surface area contributed by atoms with Crippen LogP contribution in [-0.4, -0.2) is 24.7 Å². The molecule has 1 atom stereocenters. The van der Waals surface area contributed by atoms with Gasteiger partial charge in [-0.3, -0.25) is 0 Å². The van der Waals surface area contributed by atoms with E-state index in [9.17, 15) is 0 Å². The standard InChI is InChI=1S/C9H11BrN2O/c10-9-2-1-7(5-12-9)8-6-13-4-3-11-8/h1-2,5,8,11H,3-4,6H2/t8-/m0/s1. The number of nitrogens with zero attached hydrogens (tertiary/aromatic N) is 1. The highest BCUT2D eigenvalue weighted by Crippen LogP contribution is 2.16. The number of aromatic nitrogens is 1. The van der Waals surface area contributed by atoms with Gasteiger partial charge in [0, 0.05) is 12.7 Å². The second kappa shape index (κ2) is 4.17. The molecule has 0 spiro atoms. The molecule has 1 aromatic rings. The van der Waals surface area contributed by atoms with Gasteiger partial charge in [-0.1, -0.05) is 6.07 Å². The Kier molecular flexibility index (Phi) is 2.93. The molecule has 1 aliphatic heterocycles. The van der Waals surface area contributed by atoms with E-state index in [1.54, 1.807) is 0 Å². The van der Waals surface area contributed by atoms with E-state index in [1.807, 2.05) is 12.3 Å². The Labute approximate surface area is 85.6 Å². The maximum atomic E-state index is 5.36. The van der Waals surface area contributed by atoms with Crippen LogP contribution in [0.1, 0.15) is 11.6 Å². The van der Waals surface area contributed by atoms with Crippen molar-refractivity contribution in [2.45, 2.75) is 6.04 Å². The zero-order valence-corrected chi connectivity index (χ0v) is 8.75. The Balaban J connectivity index is 2.10. The fourth-order valence-corrected chi connectivity index (χ4v) is 1.61. The lowest BCUT2D eigenvalue weighted by molar-refractivity contribution is 0.0768. The first-order valence-corrected chi connectivity index (χ1v) is 5.08. The molecular weight excluding hydrogens is 232 g/mol. The van der Waals surface area contributed by atoms with E-state index in [1.165, 1.54) is 5.56 Å². The van der Waals surface area contributed by atoms with E-state index in [-0.39, 0.29) is 0 Å². The van der Waals surface area contributed by atoms with E-state index in [4.69, 9.17) is 4.74 Å². The summed E-state index contributed by atoms with van der Waals surface area (Å²) in [4.78, 5) is 4.18. The van der Waals surface area contributed by atoms with Gasteiger partial charge in [-0.25, -0.2) is 4.98 Å². The number of morpholine rings is 1. The van der Waals surface area contributed by atoms with E-state index >= 15 is 0 Å². The first-order valence-electron chi connectivity index (χ1n) is 4.29. The number of pyridine rings is 1. The Morgan fingerprint density at radius 3 is 3.08 bits per heavy atom. The number of halogens is 1. The zero-order chi connectivity index (χ0) is 9.10. The van der Waals surface area contributed by atoms with Gasteiger partial charge in [0.15, 0.2) is 0 Å². The third kappa shape index (κ3) is 2.27. The molecule has 13 heavy (non-hydrogen) atoms. The van der Waals surface area contributed by atoms with Gasteiger partial charge >= 0.3 is 0 Å². The first kappa shape index (κ1) is 9.12. The van der Waals surface area contributed by atoms with Crippen molar-refractivity contribution in [3.05, 3.63) is 28.5 Å². The van der Waals surface area contributed by atoms with Crippen molar-refractivity contribution in [3.8, 4) is 0 Å². The van der Waals surface area contributed by atoms with Gasteiger partial charge in [-0.15, -0.1) is 0 Å². The molecular formula is C9H11BrN2O. The summed E-state index contributed by atoms with van der Waals surface area (Å²) in [5.74, 6) is 0. The highest BCUT2D eigenvalue weighted by Gasteiger charge is 2.14. The minimum Gasteiger partial charge on any atom is -0.378 e. The predicted octanol–water partition coefficient (Wildman–Crippen LogP) is 1.50. The summed E-state index contributed by atoms with van der Waals surface area (Å²) in [6.07, 6.45) is 1.87. The molecule has 1 saturated heterocycles. The Morgan fingerprint density at radius 1 is 1.54 bits per heavy atom. The maximum Gasteiger partial charge on any atom is 0.106 e. The van der Waals surface area contributed by atoms with Crippen LogP contribution in [0.5, 0.6) is 0 Å². The minimum atomic E-state index is 0.300. The molecule has 2 rings (SSSR count). The average Bonchev–Trinajstić information content (AvgIpc) is 2.20. The second-order valence-electron chi connectivity index (χ2n) is 3.00. The van der Waals surface area contributed by atoms with Gasteiger partial charge in [0.2, 0.25) is 0 Å². The van der Waals surface area contributed by atoms with E-state index in [2.05, 4.69) is 32.3 Å². The lowest BCUT2D eigenvalue weighted by Gasteiger charge is -2.23. The topological polar surface area (TPSA) is 34.1 Å². The quantitative estimate of drug-likeness (QED) is 0.759. The average molecular weight is 243 g/mol. The zero-order valence-electron chi connectivity index (χ0n) is 7.16. The van der Waals surface area contributed by atoms with Gasteiger partial charge in [0.25, 0.3) is 0 Å². The SMILES string of the molecule is Brc1ccc([C@@H]2COCCN2)cn1. The molecule has 1 N–H and O–H groups in total. The molecule has 1 fully saturated rings. The van der Waals surface area contributed by atoms with Gasteiger partial charge in [0.05, 0.1) is 19.3 Å². The molecule has 0 amide bonds. The largest absolute Gasteiger partial charge is 0.378 e. The van der Waals surface area contributed by atoms with E-state index < -0.39 is 0 Å². The highest BCUT2D eigenvalue weighted by molar-refractivity contribution is 9.10. The first-order chi connectivity index (χ1) is 6.36. The molecule has 0 aromatic carbocycles. The van der Waals surface area contributed by atoms with Gasteiger partial charge in [0.1, 0.15) is 4.60 Å². The van der Waals surface area contributed by atoms with Crippen molar-refractivity contribution >= 4 is 15.9 Å². The number of hydrogen-bond donors (Lipinski definition) is 1. The number of hydrogen-bond acceptors (Lipinski definition) is 3. The molecule has 1 aromatic heterocycles. The lowest BCUT2D eigenvalue weighted by Crippen LogP contribution is -2.34.